The van der Waals surface area contributed by atoms with Crippen molar-refractivity contribution in [1.29, 1.82) is 0 Å². The molecule has 0 fully saturated rings. The maximum Gasteiger partial charge on any atom is 0.412 e. The second-order valence-corrected chi connectivity index (χ2v) is 3.65. The van der Waals surface area contributed by atoms with Crippen LogP contribution in [0.5, 0.6) is 11.5 Å². The third kappa shape index (κ3) is 2.43. The summed E-state index contributed by atoms with van der Waals surface area (Å²) < 4.78 is 5.14. The Morgan fingerprint density at radius 3 is 2.33 bits per heavy atom. The summed E-state index contributed by atoms with van der Waals surface area (Å²) >= 11 is 0. The topological polar surface area (TPSA) is 58.6 Å². The van der Waals surface area contributed by atoms with Crippen LogP contribution in [0.25, 0.3) is 11.1 Å². The second kappa shape index (κ2) is 5.23. The molecule has 2 rings (SSSR count). The van der Waals surface area contributed by atoms with Crippen LogP contribution in [-0.4, -0.2) is 18.2 Å². The molecule has 18 heavy (non-hydrogen) atoms. The molecule has 0 spiro atoms. The van der Waals surface area contributed by atoms with Gasteiger partial charge < -0.3 is 15.2 Å². The number of benzene rings is 2. The molecule has 92 valence electrons. The highest BCUT2D eigenvalue weighted by molar-refractivity contribution is 5.79. The highest BCUT2D eigenvalue weighted by Crippen LogP contribution is 2.35. The summed E-state index contributed by atoms with van der Waals surface area (Å²) in [5, 5.41) is 12.2. The van der Waals surface area contributed by atoms with Crippen molar-refractivity contribution in [2.24, 2.45) is 0 Å². The van der Waals surface area contributed by atoms with Gasteiger partial charge in [0.25, 0.3) is 0 Å². The molecule has 0 saturated heterocycles. The fraction of sp³-hybridized carbons (Fsp3) is 0.0714. The Kier molecular flexibility index (Phi) is 3.48. The molecule has 0 aromatic heterocycles. The minimum absolute atomic E-state index is 0.144. The Balaban J connectivity index is 2.45. The molecular formula is C14H13NO3. The lowest BCUT2D eigenvalue weighted by molar-refractivity contribution is 0.203. The summed E-state index contributed by atoms with van der Waals surface area (Å²) in [7, 11) is 1.49. The van der Waals surface area contributed by atoms with Crippen LogP contribution in [0.2, 0.25) is 0 Å². The van der Waals surface area contributed by atoms with Crippen LogP contribution in [0.3, 0.4) is 0 Å². The van der Waals surface area contributed by atoms with Crippen LogP contribution in [0.4, 0.5) is 4.79 Å². The van der Waals surface area contributed by atoms with Gasteiger partial charge in [-0.3, -0.25) is 0 Å². The first kappa shape index (κ1) is 12.0. The van der Waals surface area contributed by atoms with Gasteiger partial charge >= 0.3 is 6.09 Å². The number of phenolic OH excluding ortho intramolecular Hbond substituents is 1. The van der Waals surface area contributed by atoms with Gasteiger partial charge in [0.2, 0.25) is 0 Å². The third-order valence-corrected chi connectivity index (χ3v) is 2.49. The number of carbonyl (C=O) groups is 1. The van der Waals surface area contributed by atoms with E-state index in [2.05, 4.69) is 5.32 Å². The number of para-hydroxylation sites is 2. The number of ether oxygens (including phenoxy) is 1. The van der Waals surface area contributed by atoms with Gasteiger partial charge in [-0.05, 0) is 12.1 Å². The number of aromatic hydroxyl groups is 1. The zero-order valence-corrected chi connectivity index (χ0v) is 9.88. The summed E-state index contributed by atoms with van der Waals surface area (Å²) in [4.78, 5) is 11.3. The molecule has 2 aromatic rings. The predicted molar refractivity (Wildman–Crippen MR) is 68.6 cm³/mol. The maximum atomic E-state index is 11.3. The van der Waals surface area contributed by atoms with Crippen molar-refractivity contribution >= 4 is 6.09 Å². The second-order valence-electron chi connectivity index (χ2n) is 3.65. The van der Waals surface area contributed by atoms with Gasteiger partial charge in [-0.15, -0.1) is 0 Å². The Bertz CT molecular complexity index is 566. The largest absolute Gasteiger partial charge is 0.507 e. The van der Waals surface area contributed by atoms with Gasteiger partial charge in [0.05, 0.1) is 0 Å². The summed E-state index contributed by atoms with van der Waals surface area (Å²) in [5.74, 6) is 0.545. The van der Waals surface area contributed by atoms with Gasteiger partial charge in [-0.2, -0.15) is 0 Å². The van der Waals surface area contributed by atoms with Gasteiger partial charge in [-0.25, -0.2) is 4.79 Å². The van der Waals surface area contributed by atoms with E-state index in [9.17, 15) is 9.90 Å². The van der Waals surface area contributed by atoms with E-state index in [4.69, 9.17) is 4.74 Å². The van der Waals surface area contributed by atoms with Crippen molar-refractivity contribution < 1.29 is 14.6 Å². The van der Waals surface area contributed by atoms with Gasteiger partial charge in [0.1, 0.15) is 11.5 Å². The van der Waals surface area contributed by atoms with Gasteiger partial charge in [-0.1, -0.05) is 36.4 Å². The van der Waals surface area contributed by atoms with Crippen molar-refractivity contribution in [3.63, 3.8) is 0 Å². The van der Waals surface area contributed by atoms with E-state index < -0.39 is 6.09 Å². The zero-order valence-electron chi connectivity index (χ0n) is 9.88. The molecule has 0 bridgehead atoms. The molecule has 0 aliphatic heterocycles. The van der Waals surface area contributed by atoms with E-state index in [-0.39, 0.29) is 5.75 Å². The zero-order chi connectivity index (χ0) is 13.0. The molecule has 0 atom stereocenters. The lowest BCUT2D eigenvalue weighted by atomic mass is 10.0. The van der Waals surface area contributed by atoms with Crippen LogP contribution in [0.15, 0.2) is 48.5 Å². The summed E-state index contributed by atoms with van der Waals surface area (Å²) in [6.45, 7) is 0. The predicted octanol–water partition coefficient (Wildman–Crippen LogP) is 2.78. The first-order valence-corrected chi connectivity index (χ1v) is 5.49. The highest BCUT2D eigenvalue weighted by atomic mass is 16.6. The van der Waals surface area contributed by atoms with E-state index in [0.29, 0.717) is 16.9 Å². The Labute approximate surface area is 105 Å². The molecule has 2 aromatic carbocycles. The average Bonchev–Trinajstić information content (AvgIpc) is 2.40. The lowest BCUT2D eigenvalue weighted by Gasteiger charge is -2.10. The Hall–Kier alpha value is -2.49. The Morgan fingerprint density at radius 1 is 1.06 bits per heavy atom. The molecule has 0 unspecified atom stereocenters. The van der Waals surface area contributed by atoms with Crippen molar-refractivity contribution in [3.8, 4) is 22.6 Å². The maximum absolute atomic E-state index is 11.3. The molecule has 0 aliphatic rings. The van der Waals surface area contributed by atoms with Gasteiger partial charge in [0.15, 0.2) is 0 Å². The molecule has 0 saturated carbocycles. The number of rotatable bonds is 2. The number of phenols is 1. The lowest BCUT2D eigenvalue weighted by Crippen LogP contribution is -2.22. The van der Waals surface area contributed by atoms with E-state index in [1.165, 1.54) is 7.05 Å². The molecule has 0 radical (unpaired) electrons. The van der Waals surface area contributed by atoms with Crippen molar-refractivity contribution in [2.45, 2.75) is 0 Å². The average molecular weight is 243 g/mol. The van der Waals surface area contributed by atoms with E-state index in [1.54, 1.807) is 36.4 Å². The third-order valence-electron chi connectivity index (χ3n) is 2.49. The van der Waals surface area contributed by atoms with E-state index >= 15 is 0 Å². The molecule has 2 N–H and O–H groups in total. The van der Waals surface area contributed by atoms with E-state index in [1.807, 2.05) is 12.1 Å². The van der Waals surface area contributed by atoms with Gasteiger partial charge in [0, 0.05) is 18.2 Å². The minimum Gasteiger partial charge on any atom is -0.507 e. The number of hydrogen-bond donors (Lipinski definition) is 2. The van der Waals surface area contributed by atoms with Crippen molar-refractivity contribution in [2.75, 3.05) is 7.05 Å². The number of amides is 1. The van der Waals surface area contributed by atoms with Crippen LogP contribution in [0, 0.1) is 0 Å². The van der Waals surface area contributed by atoms with Crippen LogP contribution < -0.4 is 10.1 Å². The monoisotopic (exact) mass is 243 g/mol. The molecule has 0 heterocycles. The standard InChI is InChI=1S/C14H13NO3/c1-15-14(17)18-13-9-5-3-7-11(13)10-6-2-4-8-12(10)16/h2-9,16H,1H3,(H,15,17). The van der Waals surface area contributed by atoms with Crippen molar-refractivity contribution in [1.82, 2.24) is 5.32 Å². The molecule has 1 amide bonds. The summed E-state index contributed by atoms with van der Waals surface area (Å²) in [6, 6.07) is 13.9. The summed E-state index contributed by atoms with van der Waals surface area (Å²) in [6.07, 6.45) is -0.544. The number of hydrogen-bond acceptors (Lipinski definition) is 3. The quantitative estimate of drug-likeness (QED) is 0.852. The molecule has 4 nitrogen and oxygen atoms in total. The first-order valence-electron chi connectivity index (χ1n) is 5.49. The SMILES string of the molecule is CNC(=O)Oc1ccccc1-c1ccccc1O. The fourth-order valence-corrected chi connectivity index (χ4v) is 1.63. The molecule has 4 heteroatoms. The Morgan fingerprint density at radius 2 is 1.67 bits per heavy atom. The minimum atomic E-state index is -0.544. The van der Waals surface area contributed by atoms with Crippen LogP contribution in [0.1, 0.15) is 0 Å². The number of carbonyl (C=O) groups excluding carboxylic acids is 1. The van der Waals surface area contributed by atoms with Crippen LogP contribution >= 0.6 is 0 Å². The highest BCUT2D eigenvalue weighted by Gasteiger charge is 2.11. The normalized spacial score (nSPS) is 9.83. The molecule has 0 aliphatic carbocycles. The van der Waals surface area contributed by atoms with Crippen LogP contribution in [-0.2, 0) is 0 Å². The molecular weight excluding hydrogens is 230 g/mol. The number of nitrogens with one attached hydrogen (secondary N) is 1. The first-order chi connectivity index (χ1) is 8.72. The smallest absolute Gasteiger partial charge is 0.412 e. The van der Waals surface area contributed by atoms with E-state index in [0.717, 1.165) is 0 Å². The fourth-order valence-electron chi connectivity index (χ4n) is 1.63. The van der Waals surface area contributed by atoms with Crippen molar-refractivity contribution in [3.05, 3.63) is 48.5 Å². The summed E-state index contributed by atoms with van der Waals surface area (Å²) in [5.41, 5.74) is 1.29.